The van der Waals surface area contributed by atoms with Gasteiger partial charge in [0.15, 0.2) is 11.6 Å². The minimum atomic E-state index is -5.06. The Bertz CT molecular complexity index is 1060. The zero-order valence-corrected chi connectivity index (χ0v) is 15.5. The summed E-state index contributed by atoms with van der Waals surface area (Å²) in [7, 11) is 0. The molecule has 1 nitrogen and oxygen atoms in total. The zero-order valence-electron chi connectivity index (χ0n) is 15.5. The molecule has 150 valence electrons. The number of hydrogen-bond acceptors (Lipinski definition) is 1. The second-order valence-electron chi connectivity index (χ2n) is 6.60. The van der Waals surface area contributed by atoms with Gasteiger partial charge in [0.1, 0.15) is 6.17 Å². The fourth-order valence-corrected chi connectivity index (χ4v) is 3.13. The van der Waals surface area contributed by atoms with Crippen LogP contribution in [0, 0.1) is 18.2 Å². The molecule has 0 aliphatic carbocycles. The normalized spacial score (nSPS) is 12.6. The molecule has 0 bridgehead atoms. The number of alkyl halides is 4. The molecule has 0 radical (unpaired) electrons. The summed E-state index contributed by atoms with van der Waals surface area (Å²) in [6.45, 7) is 1.78. The van der Waals surface area contributed by atoms with Gasteiger partial charge < -0.3 is 4.74 Å². The number of terminal acetylenes is 1. The summed E-state index contributed by atoms with van der Waals surface area (Å²) < 4.78 is 69.3. The summed E-state index contributed by atoms with van der Waals surface area (Å²) >= 11 is 0. The molecule has 1 unspecified atom stereocenters. The lowest BCUT2D eigenvalue weighted by Crippen LogP contribution is -2.19. The molecule has 0 aromatic heterocycles. The van der Waals surface area contributed by atoms with E-state index in [1.165, 1.54) is 6.07 Å². The minimum absolute atomic E-state index is 0.275. The fourth-order valence-electron chi connectivity index (χ4n) is 3.13. The van der Waals surface area contributed by atoms with Crippen LogP contribution in [0.1, 0.15) is 24.5 Å². The van der Waals surface area contributed by atoms with Crippen LogP contribution >= 0.6 is 0 Å². The van der Waals surface area contributed by atoms with Crippen molar-refractivity contribution >= 4 is 10.8 Å². The number of rotatable bonds is 5. The van der Waals surface area contributed by atoms with Gasteiger partial charge in [-0.2, -0.15) is 0 Å². The van der Waals surface area contributed by atoms with Gasteiger partial charge in [-0.15, -0.1) is 19.6 Å². The number of hydrogen-bond donors (Lipinski definition) is 0. The molecule has 0 saturated heterocycles. The minimum Gasteiger partial charge on any atom is -0.401 e. The Hall–Kier alpha value is -3.07. The van der Waals surface area contributed by atoms with E-state index in [1.807, 2.05) is 24.3 Å². The quantitative estimate of drug-likeness (QED) is 0.335. The smallest absolute Gasteiger partial charge is 0.401 e. The fraction of sp³-hybridized carbons (Fsp3) is 0.217. The summed E-state index contributed by atoms with van der Waals surface area (Å²) in [6.07, 6.45) is 0.133. The zero-order chi connectivity index (χ0) is 21.2. The maximum absolute atomic E-state index is 14.3. The third kappa shape index (κ3) is 4.68. The number of halogens is 5. The molecular formula is C23H17F5O. The van der Waals surface area contributed by atoms with Gasteiger partial charge in [0.2, 0.25) is 0 Å². The first-order valence-corrected chi connectivity index (χ1v) is 8.93. The monoisotopic (exact) mass is 404 g/mol. The van der Waals surface area contributed by atoms with Crippen molar-refractivity contribution in [3.05, 3.63) is 65.5 Å². The maximum Gasteiger partial charge on any atom is 0.573 e. The third-order valence-electron chi connectivity index (χ3n) is 4.60. The molecule has 0 saturated carbocycles. The van der Waals surface area contributed by atoms with Gasteiger partial charge >= 0.3 is 6.36 Å². The van der Waals surface area contributed by atoms with Gasteiger partial charge in [-0.05, 0) is 40.6 Å². The lowest BCUT2D eigenvalue weighted by atomic mass is 9.96. The molecule has 3 aromatic rings. The van der Waals surface area contributed by atoms with E-state index in [9.17, 15) is 22.0 Å². The van der Waals surface area contributed by atoms with Gasteiger partial charge in [-0.1, -0.05) is 49.2 Å². The van der Waals surface area contributed by atoms with Crippen LogP contribution in [0.2, 0.25) is 0 Å². The predicted octanol–water partition coefficient (Wildman–Crippen LogP) is 6.82. The van der Waals surface area contributed by atoms with Crippen molar-refractivity contribution in [1.82, 2.24) is 0 Å². The Balaban J connectivity index is 2.01. The largest absolute Gasteiger partial charge is 0.573 e. The van der Waals surface area contributed by atoms with Crippen LogP contribution in [0.25, 0.3) is 21.9 Å². The highest BCUT2D eigenvalue weighted by atomic mass is 19.4. The molecule has 0 aliphatic heterocycles. The molecule has 1 atom stereocenters. The standard InChI is InChI=1S/C23H17F5O/c1-3-18(24)11-14-5-7-15(8-6-14)16-9-10-20-17(12-16)13-21(25)22(19(20)4-2)29-23(26,27)28/h2,5-10,12-13,18H,3,11H2,1H3. The van der Waals surface area contributed by atoms with Crippen LogP contribution < -0.4 is 4.74 Å². The highest BCUT2D eigenvalue weighted by Gasteiger charge is 2.34. The molecule has 3 aromatic carbocycles. The molecule has 0 heterocycles. The Morgan fingerprint density at radius 1 is 1.03 bits per heavy atom. The average Bonchev–Trinajstić information content (AvgIpc) is 2.67. The molecule has 29 heavy (non-hydrogen) atoms. The average molecular weight is 404 g/mol. The van der Waals surface area contributed by atoms with Crippen LogP contribution in [0.4, 0.5) is 22.0 Å². The lowest BCUT2D eigenvalue weighted by molar-refractivity contribution is -0.275. The molecule has 0 spiro atoms. The van der Waals surface area contributed by atoms with Gasteiger partial charge in [0.25, 0.3) is 0 Å². The first-order valence-electron chi connectivity index (χ1n) is 8.93. The van der Waals surface area contributed by atoms with Gasteiger partial charge in [0, 0.05) is 11.8 Å². The van der Waals surface area contributed by atoms with Gasteiger partial charge in [0.05, 0.1) is 5.56 Å². The van der Waals surface area contributed by atoms with Crippen molar-refractivity contribution in [2.45, 2.75) is 32.3 Å². The number of fused-ring (bicyclic) bond motifs is 1. The number of ether oxygens (including phenoxy) is 1. The molecular weight excluding hydrogens is 387 g/mol. The van der Waals surface area contributed by atoms with Crippen LogP contribution in [0.15, 0.2) is 48.5 Å². The van der Waals surface area contributed by atoms with E-state index in [2.05, 4.69) is 10.7 Å². The molecule has 6 heteroatoms. The van der Waals surface area contributed by atoms with Gasteiger partial charge in [-0.3, -0.25) is 0 Å². The van der Waals surface area contributed by atoms with Crippen molar-refractivity contribution in [2.24, 2.45) is 0 Å². The molecule has 0 N–H and O–H groups in total. The van der Waals surface area contributed by atoms with Crippen molar-refractivity contribution in [2.75, 3.05) is 0 Å². The highest BCUT2D eigenvalue weighted by Crippen LogP contribution is 2.36. The van der Waals surface area contributed by atoms with E-state index in [1.54, 1.807) is 19.1 Å². The highest BCUT2D eigenvalue weighted by molar-refractivity contribution is 5.93. The third-order valence-corrected chi connectivity index (χ3v) is 4.60. The topological polar surface area (TPSA) is 9.23 Å². The van der Waals surface area contributed by atoms with Crippen LogP contribution in [0.5, 0.6) is 5.75 Å². The Morgan fingerprint density at radius 2 is 1.69 bits per heavy atom. The first kappa shape index (κ1) is 20.7. The van der Waals surface area contributed by atoms with Gasteiger partial charge in [-0.25, -0.2) is 8.78 Å². The van der Waals surface area contributed by atoms with Crippen molar-refractivity contribution < 1.29 is 26.7 Å². The summed E-state index contributed by atoms with van der Waals surface area (Å²) in [6, 6.07) is 13.1. The molecule has 0 fully saturated rings. The molecule has 3 rings (SSSR count). The second kappa shape index (κ2) is 8.12. The Kier molecular flexibility index (Phi) is 5.78. The van der Waals surface area contributed by atoms with Crippen LogP contribution in [0.3, 0.4) is 0 Å². The van der Waals surface area contributed by atoms with E-state index >= 15 is 0 Å². The van der Waals surface area contributed by atoms with E-state index in [0.717, 1.165) is 22.8 Å². The second-order valence-corrected chi connectivity index (χ2v) is 6.60. The number of benzene rings is 3. The van der Waals surface area contributed by atoms with E-state index in [0.29, 0.717) is 18.2 Å². The maximum atomic E-state index is 14.3. The Morgan fingerprint density at radius 3 is 2.28 bits per heavy atom. The Labute approximate surface area is 165 Å². The SMILES string of the molecule is C#Cc1c(OC(F)(F)F)c(F)cc2cc(-c3ccc(CC(F)CC)cc3)ccc12. The van der Waals surface area contributed by atoms with Crippen molar-refractivity contribution in [3.63, 3.8) is 0 Å². The molecule has 0 aliphatic rings. The summed E-state index contributed by atoms with van der Waals surface area (Å²) in [5.41, 5.74) is 2.09. The first-order chi connectivity index (χ1) is 13.7. The predicted molar refractivity (Wildman–Crippen MR) is 103 cm³/mol. The lowest BCUT2D eigenvalue weighted by Gasteiger charge is -2.14. The van der Waals surface area contributed by atoms with E-state index in [4.69, 9.17) is 6.42 Å². The van der Waals surface area contributed by atoms with Crippen molar-refractivity contribution in [1.29, 1.82) is 0 Å². The summed E-state index contributed by atoms with van der Waals surface area (Å²) in [4.78, 5) is 0. The summed E-state index contributed by atoms with van der Waals surface area (Å²) in [5, 5.41) is 0.623. The molecule has 0 amide bonds. The van der Waals surface area contributed by atoms with Crippen LogP contribution in [-0.4, -0.2) is 12.5 Å². The van der Waals surface area contributed by atoms with Crippen molar-refractivity contribution in [3.8, 4) is 29.2 Å². The van der Waals surface area contributed by atoms with Crippen LogP contribution in [-0.2, 0) is 6.42 Å². The van der Waals surface area contributed by atoms with E-state index < -0.39 is 24.1 Å². The summed E-state index contributed by atoms with van der Waals surface area (Å²) in [5.74, 6) is -0.112. The van der Waals surface area contributed by atoms with E-state index in [-0.39, 0.29) is 10.9 Å².